The summed E-state index contributed by atoms with van der Waals surface area (Å²) in [6, 6.07) is 7.97. The Bertz CT molecular complexity index is 644. The molecule has 6 heteroatoms. The van der Waals surface area contributed by atoms with E-state index in [1.165, 1.54) is 31.2 Å². The number of rotatable bonds is 4. The lowest BCUT2D eigenvalue weighted by molar-refractivity contribution is -0.122. The highest BCUT2D eigenvalue weighted by Crippen LogP contribution is 2.19. The Morgan fingerprint density at radius 2 is 1.67 bits per heavy atom. The fraction of sp³-hybridized carbons (Fsp3) is 0.133. The number of halogens is 3. The molecule has 0 aliphatic carbocycles. The van der Waals surface area contributed by atoms with Crippen LogP contribution in [0.3, 0.4) is 0 Å². The molecule has 1 atom stereocenters. The third-order valence-electron chi connectivity index (χ3n) is 2.68. The minimum atomic E-state index is -1.00. The van der Waals surface area contributed by atoms with Crippen molar-refractivity contribution in [2.45, 2.75) is 13.0 Å². The predicted molar refractivity (Wildman–Crippen MR) is 71.5 cm³/mol. The molecule has 3 nitrogen and oxygen atoms in total. The molecule has 0 aliphatic heterocycles. The minimum absolute atomic E-state index is 0.224. The summed E-state index contributed by atoms with van der Waals surface area (Å²) in [7, 11) is 0. The van der Waals surface area contributed by atoms with Gasteiger partial charge in [-0.25, -0.2) is 13.2 Å². The van der Waals surface area contributed by atoms with Crippen molar-refractivity contribution in [3.8, 4) is 5.75 Å². The number of ether oxygens (including phenoxy) is 1. The van der Waals surface area contributed by atoms with Crippen LogP contribution in [0.15, 0.2) is 42.5 Å². The third kappa shape index (κ3) is 3.98. The molecule has 0 aromatic heterocycles. The predicted octanol–water partition coefficient (Wildman–Crippen LogP) is 3.51. The zero-order valence-electron chi connectivity index (χ0n) is 11.1. The smallest absolute Gasteiger partial charge is 0.265 e. The van der Waals surface area contributed by atoms with Gasteiger partial charge in [0.25, 0.3) is 5.91 Å². The molecule has 1 amide bonds. The van der Waals surface area contributed by atoms with Gasteiger partial charge in [-0.2, -0.15) is 0 Å². The Balaban J connectivity index is 2.00. The molecule has 0 spiro atoms. The molecule has 2 aromatic carbocycles. The van der Waals surface area contributed by atoms with Crippen LogP contribution < -0.4 is 10.1 Å². The summed E-state index contributed by atoms with van der Waals surface area (Å²) in [5, 5.41) is 2.49. The minimum Gasteiger partial charge on any atom is -0.478 e. The van der Waals surface area contributed by atoms with Gasteiger partial charge in [-0.05, 0) is 43.3 Å². The van der Waals surface area contributed by atoms with Crippen LogP contribution in [0.25, 0.3) is 0 Å². The number of amides is 1. The molecule has 0 heterocycles. The number of hydrogen-bond donors (Lipinski definition) is 1. The second kappa shape index (κ2) is 6.30. The average molecular weight is 295 g/mol. The van der Waals surface area contributed by atoms with Crippen LogP contribution in [0.1, 0.15) is 6.92 Å². The van der Waals surface area contributed by atoms with E-state index in [2.05, 4.69) is 5.32 Å². The second-order valence-corrected chi connectivity index (χ2v) is 4.33. The van der Waals surface area contributed by atoms with Gasteiger partial charge in [0.15, 0.2) is 17.7 Å². The van der Waals surface area contributed by atoms with Gasteiger partial charge in [0.05, 0.1) is 0 Å². The zero-order valence-corrected chi connectivity index (χ0v) is 11.1. The van der Waals surface area contributed by atoms with Crippen molar-refractivity contribution in [1.29, 1.82) is 0 Å². The average Bonchev–Trinajstić information content (AvgIpc) is 2.44. The van der Waals surface area contributed by atoms with Crippen LogP contribution in [-0.4, -0.2) is 12.0 Å². The Morgan fingerprint density at radius 1 is 1.05 bits per heavy atom. The normalized spacial score (nSPS) is 11.8. The summed E-state index contributed by atoms with van der Waals surface area (Å²) in [4.78, 5) is 11.9. The summed E-state index contributed by atoms with van der Waals surface area (Å²) in [5.41, 5.74) is 0.386. The van der Waals surface area contributed by atoms with Gasteiger partial charge < -0.3 is 10.1 Å². The number of nitrogens with one attached hydrogen (secondary N) is 1. The maximum Gasteiger partial charge on any atom is 0.265 e. The third-order valence-corrected chi connectivity index (χ3v) is 2.68. The van der Waals surface area contributed by atoms with E-state index in [1.807, 2.05) is 0 Å². The van der Waals surface area contributed by atoms with Crippen molar-refractivity contribution < 1.29 is 22.7 Å². The molecule has 0 saturated heterocycles. The molecule has 110 valence electrons. The molecule has 21 heavy (non-hydrogen) atoms. The van der Waals surface area contributed by atoms with E-state index in [0.29, 0.717) is 11.8 Å². The summed E-state index contributed by atoms with van der Waals surface area (Å²) in [6.45, 7) is 1.42. The van der Waals surface area contributed by atoms with E-state index in [-0.39, 0.29) is 5.75 Å². The van der Waals surface area contributed by atoms with Gasteiger partial charge in [0.2, 0.25) is 0 Å². The lowest BCUT2D eigenvalue weighted by Crippen LogP contribution is -2.30. The topological polar surface area (TPSA) is 38.3 Å². The first kappa shape index (κ1) is 14.9. The summed E-state index contributed by atoms with van der Waals surface area (Å²) >= 11 is 0. The first-order valence-corrected chi connectivity index (χ1v) is 6.14. The van der Waals surface area contributed by atoms with E-state index < -0.39 is 29.5 Å². The molecular weight excluding hydrogens is 283 g/mol. The molecule has 2 aromatic rings. The molecule has 1 N–H and O–H groups in total. The van der Waals surface area contributed by atoms with Gasteiger partial charge in [0.1, 0.15) is 11.6 Å². The number of anilines is 1. The van der Waals surface area contributed by atoms with Gasteiger partial charge >= 0.3 is 0 Å². The van der Waals surface area contributed by atoms with Crippen LogP contribution >= 0.6 is 0 Å². The van der Waals surface area contributed by atoms with Crippen molar-refractivity contribution in [3.63, 3.8) is 0 Å². The summed E-state index contributed by atoms with van der Waals surface area (Å²) in [5.74, 6) is -2.81. The van der Waals surface area contributed by atoms with Crippen LogP contribution in [0, 0.1) is 17.5 Å². The van der Waals surface area contributed by atoms with Crippen LogP contribution in [-0.2, 0) is 4.79 Å². The van der Waals surface area contributed by atoms with Crippen molar-refractivity contribution in [2.75, 3.05) is 5.32 Å². The van der Waals surface area contributed by atoms with Crippen molar-refractivity contribution >= 4 is 11.6 Å². The Kier molecular flexibility index (Phi) is 4.47. The Morgan fingerprint density at radius 3 is 2.29 bits per heavy atom. The maximum atomic E-state index is 13.4. The monoisotopic (exact) mass is 295 g/mol. The van der Waals surface area contributed by atoms with Crippen LogP contribution in [0.2, 0.25) is 0 Å². The van der Waals surface area contributed by atoms with E-state index in [1.54, 1.807) is 0 Å². The fourth-order valence-electron chi connectivity index (χ4n) is 1.59. The number of benzene rings is 2. The van der Waals surface area contributed by atoms with Crippen molar-refractivity contribution in [2.24, 2.45) is 0 Å². The molecule has 0 saturated carbocycles. The quantitative estimate of drug-likeness (QED) is 0.937. The van der Waals surface area contributed by atoms with E-state index in [0.717, 1.165) is 12.1 Å². The summed E-state index contributed by atoms with van der Waals surface area (Å²) < 4.78 is 44.0. The molecule has 0 bridgehead atoms. The lowest BCUT2D eigenvalue weighted by atomic mass is 10.3. The highest BCUT2D eigenvalue weighted by atomic mass is 19.1. The van der Waals surface area contributed by atoms with Gasteiger partial charge in [-0.15, -0.1) is 0 Å². The largest absolute Gasteiger partial charge is 0.478 e. The summed E-state index contributed by atoms with van der Waals surface area (Å²) in [6.07, 6.45) is -1.00. The number of hydrogen-bond acceptors (Lipinski definition) is 2. The SMILES string of the molecule is CC(Oc1ccc(F)cc1F)C(=O)Nc1ccc(F)cc1. The molecule has 2 rings (SSSR count). The molecule has 0 fully saturated rings. The highest BCUT2D eigenvalue weighted by molar-refractivity contribution is 5.94. The van der Waals surface area contributed by atoms with Gasteiger partial charge in [0, 0.05) is 11.8 Å². The number of carbonyl (C=O) groups is 1. The second-order valence-electron chi connectivity index (χ2n) is 4.33. The van der Waals surface area contributed by atoms with Gasteiger partial charge in [-0.1, -0.05) is 0 Å². The fourth-order valence-corrected chi connectivity index (χ4v) is 1.59. The van der Waals surface area contributed by atoms with Crippen molar-refractivity contribution in [3.05, 3.63) is 59.9 Å². The van der Waals surface area contributed by atoms with Crippen LogP contribution in [0.4, 0.5) is 18.9 Å². The first-order valence-electron chi connectivity index (χ1n) is 6.14. The standard InChI is InChI=1S/C15H12F3NO2/c1-9(21-14-7-4-11(17)8-13(14)18)15(20)19-12-5-2-10(16)3-6-12/h2-9H,1H3,(H,19,20). The van der Waals surface area contributed by atoms with E-state index in [4.69, 9.17) is 4.74 Å². The lowest BCUT2D eigenvalue weighted by Gasteiger charge is -2.15. The molecule has 1 unspecified atom stereocenters. The van der Waals surface area contributed by atoms with Crippen molar-refractivity contribution in [1.82, 2.24) is 0 Å². The molecule has 0 radical (unpaired) electrons. The molecular formula is C15H12F3NO2. The van der Waals surface area contributed by atoms with E-state index >= 15 is 0 Å². The van der Waals surface area contributed by atoms with Gasteiger partial charge in [-0.3, -0.25) is 4.79 Å². The first-order chi connectivity index (χ1) is 9.95. The Hall–Kier alpha value is -2.50. The number of carbonyl (C=O) groups excluding carboxylic acids is 1. The highest BCUT2D eigenvalue weighted by Gasteiger charge is 2.17. The van der Waals surface area contributed by atoms with E-state index in [9.17, 15) is 18.0 Å². The maximum absolute atomic E-state index is 13.4. The molecule has 0 aliphatic rings. The van der Waals surface area contributed by atoms with Crippen LogP contribution in [0.5, 0.6) is 5.75 Å². The Labute approximate surface area is 119 Å². The zero-order chi connectivity index (χ0) is 15.4.